The average Bonchev–Trinajstić information content (AvgIpc) is 2.42. The minimum absolute atomic E-state index is 0.0809. The van der Waals surface area contributed by atoms with Crippen LogP contribution in [0.25, 0.3) is 0 Å². The van der Waals surface area contributed by atoms with Gasteiger partial charge in [0.15, 0.2) is 6.61 Å². The summed E-state index contributed by atoms with van der Waals surface area (Å²) in [5.74, 6) is -2.20. The lowest BCUT2D eigenvalue weighted by molar-refractivity contribution is -0.142. The first kappa shape index (κ1) is 16.8. The van der Waals surface area contributed by atoms with Crippen LogP contribution in [0.4, 0.5) is 0 Å². The van der Waals surface area contributed by atoms with Crippen molar-refractivity contribution in [1.29, 1.82) is 0 Å². The Hall–Kier alpha value is -2.28. The number of aliphatic carboxylic acids is 1. The first-order valence-electron chi connectivity index (χ1n) is 6.08. The third kappa shape index (κ3) is 6.13. The van der Waals surface area contributed by atoms with Crippen LogP contribution in [0.5, 0.6) is 5.75 Å². The number of carbonyl (C=O) groups is 3. The van der Waals surface area contributed by atoms with E-state index < -0.39 is 23.8 Å². The molecule has 21 heavy (non-hydrogen) atoms. The Labute approximate surface area is 126 Å². The SMILES string of the molecule is NC(=O)CC[C@H](NC(=O)COc1ccccc1Cl)C(=O)O. The molecule has 0 heterocycles. The monoisotopic (exact) mass is 314 g/mol. The molecular weight excluding hydrogens is 300 g/mol. The zero-order valence-corrected chi connectivity index (χ0v) is 11.8. The Morgan fingerprint density at radius 1 is 1.33 bits per heavy atom. The molecule has 0 bridgehead atoms. The summed E-state index contributed by atoms with van der Waals surface area (Å²) in [6, 6.07) is 5.38. The van der Waals surface area contributed by atoms with Gasteiger partial charge in [-0.25, -0.2) is 4.79 Å². The number of ether oxygens (including phenoxy) is 1. The number of carbonyl (C=O) groups excluding carboxylic acids is 2. The van der Waals surface area contributed by atoms with Gasteiger partial charge in [-0.3, -0.25) is 9.59 Å². The number of carboxylic acids is 1. The summed E-state index contributed by atoms with van der Waals surface area (Å²) in [4.78, 5) is 33.2. The van der Waals surface area contributed by atoms with E-state index in [1.165, 1.54) is 0 Å². The second-order valence-electron chi connectivity index (χ2n) is 4.18. The molecule has 0 aliphatic rings. The van der Waals surface area contributed by atoms with Crippen LogP contribution in [0.1, 0.15) is 12.8 Å². The summed E-state index contributed by atoms with van der Waals surface area (Å²) in [5.41, 5.74) is 4.94. The molecule has 0 radical (unpaired) electrons. The van der Waals surface area contributed by atoms with E-state index in [0.29, 0.717) is 10.8 Å². The van der Waals surface area contributed by atoms with Crippen molar-refractivity contribution in [2.45, 2.75) is 18.9 Å². The molecule has 0 spiro atoms. The van der Waals surface area contributed by atoms with Gasteiger partial charge in [0.05, 0.1) is 5.02 Å². The van der Waals surface area contributed by atoms with E-state index in [1.807, 2.05) is 0 Å². The number of amides is 2. The minimum atomic E-state index is -1.25. The van der Waals surface area contributed by atoms with Crippen molar-refractivity contribution in [3.8, 4) is 5.75 Å². The average molecular weight is 315 g/mol. The first-order valence-corrected chi connectivity index (χ1v) is 6.45. The van der Waals surface area contributed by atoms with Crippen molar-refractivity contribution in [3.63, 3.8) is 0 Å². The largest absolute Gasteiger partial charge is 0.482 e. The Kier molecular flexibility index (Phi) is 6.48. The maximum absolute atomic E-state index is 11.6. The topological polar surface area (TPSA) is 119 Å². The number of nitrogens with two attached hydrogens (primary N) is 1. The summed E-state index contributed by atoms with van der Waals surface area (Å²) in [6.07, 6.45) is -0.217. The van der Waals surface area contributed by atoms with Crippen molar-refractivity contribution < 1.29 is 24.2 Å². The summed E-state index contributed by atoms with van der Waals surface area (Å²) in [6.45, 7) is -0.385. The number of benzene rings is 1. The van der Waals surface area contributed by atoms with Crippen LogP contribution in [0.2, 0.25) is 5.02 Å². The van der Waals surface area contributed by atoms with E-state index in [2.05, 4.69) is 5.32 Å². The number of primary amides is 1. The molecule has 2 amide bonds. The molecule has 0 fully saturated rings. The standard InChI is InChI=1S/C13H15ClN2O5/c14-8-3-1-2-4-10(8)21-7-12(18)16-9(13(19)20)5-6-11(15)17/h1-4,9H,5-7H2,(H2,15,17)(H,16,18)(H,19,20)/t9-/m0/s1. The lowest BCUT2D eigenvalue weighted by atomic mass is 10.1. The fourth-order valence-electron chi connectivity index (χ4n) is 1.49. The number of hydrogen-bond donors (Lipinski definition) is 3. The van der Waals surface area contributed by atoms with Gasteiger partial charge in [0, 0.05) is 6.42 Å². The molecule has 1 aromatic carbocycles. The Bertz CT molecular complexity index is 535. The fraction of sp³-hybridized carbons (Fsp3) is 0.308. The molecule has 0 saturated heterocycles. The Balaban J connectivity index is 2.49. The lowest BCUT2D eigenvalue weighted by Gasteiger charge is -2.14. The molecule has 1 atom stereocenters. The number of halogens is 1. The second kappa shape index (κ2) is 8.11. The second-order valence-corrected chi connectivity index (χ2v) is 4.59. The quantitative estimate of drug-likeness (QED) is 0.647. The van der Waals surface area contributed by atoms with Crippen molar-refractivity contribution in [3.05, 3.63) is 29.3 Å². The smallest absolute Gasteiger partial charge is 0.326 e. The fourth-order valence-corrected chi connectivity index (χ4v) is 1.68. The predicted octanol–water partition coefficient (Wildman–Crippen LogP) is 0.554. The highest BCUT2D eigenvalue weighted by Crippen LogP contribution is 2.22. The summed E-state index contributed by atoms with van der Waals surface area (Å²) >= 11 is 5.85. The zero-order valence-electron chi connectivity index (χ0n) is 11.0. The highest BCUT2D eigenvalue weighted by molar-refractivity contribution is 6.32. The molecular formula is C13H15ClN2O5. The van der Waals surface area contributed by atoms with Gasteiger partial charge < -0.3 is 20.9 Å². The van der Waals surface area contributed by atoms with Crippen LogP contribution < -0.4 is 15.8 Å². The number of hydrogen-bond acceptors (Lipinski definition) is 4. The van der Waals surface area contributed by atoms with Gasteiger partial charge in [-0.05, 0) is 18.6 Å². The van der Waals surface area contributed by atoms with Gasteiger partial charge in [0.2, 0.25) is 5.91 Å². The van der Waals surface area contributed by atoms with Gasteiger partial charge in [-0.15, -0.1) is 0 Å². The van der Waals surface area contributed by atoms with Gasteiger partial charge in [-0.1, -0.05) is 23.7 Å². The Morgan fingerprint density at radius 3 is 2.57 bits per heavy atom. The van der Waals surface area contributed by atoms with Crippen LogP contribution in [-0.4, -0.2) is 35.5 Å². The lowest BCUT2D eigenvalue weighted by Crippen LogP contribution is -2.43. The van der Waals surface area contributed by atoms with E-state index in [1.54, 1.807) is 24.3 Å². The van der Waals surface area contributed by atoms with Gasteiger partial charge in [0.1, 0.15) is 11.8 Å². The molecule has 7 nitrogen and oxygen atoms in total. The van der Waals surface area contributed by atoms with Crippen LogP contribution in [0.3, 0.4) is 0 Å². The molecule has 4 N–H and O–H groups in total. The zero-order chi connectivity index (χ0) is 15.8. The number of carboxylic acid groups (broad SMARTS) is 1. The number of nitrogens with one attached hydrogen (secondary N) is 1. The summed E-state index contributed by atoms with van der Waals surface area (Å²) in [7, 11) is 0. The van der Waals surface area contributed by atoms with Crippen LogP contribution in [0, 0.1) is 0 Å². The molecule has 0 aliphatic carbocycles. The van der Waals surface area contributed by atoms with Crippen LogP contribution in [-0.2, 0) is 14.4 Å². The number of rotatable bonds is 8. The third-order valence-corrected chi connectivity index (χ3v) is 2.82. The summed E-state index contributed by atoms with van der Waals surface area (Å²) < 4.78 is 5.18. The van der Waals surface area contributed by atoms with Crippen LogP contribution >= 0.6 is 11.6 Å². The molecule has 1 aromatic rings. The van der Waals surface area contributed by atoms with E-state index in [9.17, 15) is 14.4 Å². The molecule has 0 aromatic heterocycles. The molecule has 114 valence electrons. The highest BCUT2D eigenvalue weighted by Gasteiger charge is 2.20. The van der Waals surface area contributed by atoms with Crippen molar-refractivity contribution in [2.75, 3.05) is 6.61 Å². The first-order chi connectivity index (χ1) is 9.90. The normalized spacial score (nSPS) is 11.5. The molecule has 8 heteroatoms. The summed E-state index contributed by atoms with van der Waals surface area (Å²) in [5, 5.41) is 11.5. The van der Waals surface area contributed by atoms with Crippen molar-refractivity contribution in [2.24, 2.45) is 5.73 Å². The number of para-hydroxylation sites is 1. The predicted molar refractivity (Wildman–Crippen MR) is 74.9 cm³/mol. The molecule has 0 saturated carbocycles. The highest BCUT2D eigenvalue weighted by atomic mass is 35.5. The molecule has 0 unspecified atom stereocenters. The maximum Gasteiger partial charge on any atom is 0.326 e. The van der Waals surface area contributed by atoms with E-state index in [-0.39, 0.29) is 19.4 Å². The van der Waals surface area contributed by atoms with Gasteiger partial charge >= 0.3 is 5.97 Å². The van der Waals surface area contributed by atoms with Crippen molar-refractivity contribution >= 4 is 29.4 Å². The van der Waals surface area contributed by atoms with Gasteiger partial charge in [0.25, 0.3) is 5.91 Å². The third-order valence-electron chi connectivity index (χ3n) is 2.51. The Morgan fingerprint density at radius 2 is 2.00 bits per heavy atom. The molecule has 1 rings (SSSR count). The van der Waals surface area contributed by atoms with E-state index >= 15 is 0 Å². The maximum atomic E-state index is 11.6. The van der Waals surface area contributed by atoms with E-state index in [4.69, 9.17) is 27.2 Å². The molecule has 0 aliphatic heterocycles. The van der Waals surface area contributed by atoms with Crippen molar-refractivity contribution in [1.82, 2.24) is 5.32 Å². The van der Waals surface area contributed by atoms with Crippen LogP contribution in [0.15, 0.2) is 24.3 Å². The van der Waals surface area contributed by atoms with Gasteiger partial charge in [-0.2, -0.15) is 0 Å². The van der Waals surface area contributed by atoms with E-state index in [0.717, 1.165) is 0 Å². The minimum Gasteiger partial charge on any atom is -0.482 e.